The Morgan fingerprint density at radius 2 is 2.00 bits per heavy atom. The Kier molecular flexibility index (Phi) is 3.83. The summed E-state index contributed by atoms with van der Waals surface area (Å²) in [7, 11) is 1.23. The number of rotatable bonds is 2. The minimum atomic E-state index is -4.48. The first-order valence-electron chi connectivity index (χ1n) is 7.14. The van der Waals surface area contributed by atoms with Crippen molar-refractivity contribution in [1.29, 1.82) is 0 Å². The van der Waals surface area contributed by atoms with Gasteiger partial charge in [-0.05, 0) is 37.8 Å². The summed E-state index contributed by atoms with van der Waals surface area (Å²) < 4.78 is 45.3. The van der Waals surface area contributed by atoms with E-state index in [1.54, 1.807) is 0 Å². The molecule has 0 spiro atoms. The number of hydrogen-bond donors (Lipinski definition) is 0. The number of pyridine rings is 1. The first-order chi connectivity index (χ1) is 10.9. The van der Waals surface area contributed by atoms with Gasteiger partial charge in [0.05, 0.1) is 19.0 Å². The Morgan fingerprint density at radius 1 is 1.26 bits per heavy atom. The molecule has 8 heteroatoms. The summed E-state index contributed by atoms with van der Waals surface area (Å²) in [5.74, 6) is -0.602. The van der Waals surface area contributed by atoms with Crippen molar-refractivity contribution in [3.63, 3.8) is 0 Å². The normalized spacial score (nSPS) is 14.4. The molecule has 2 heterocycles. The van der Waals surface area contributed by atoms with Gasteiger partial charge in [-0.25, -0.2) is 14.5 Å². The highest BCUT2D eigenvalue weighted by molar-refractivity contribution is 5.87. The van der Waals surface area contributed by atoms with Crippen molar-refractivity contribution in [2.45, 2.75) is 31.9 Å². The summed E-state index contributed by atoms with van der Waals surface area (Å²) in [4.78, 5) is 15.3. The van der Waals surface area contributed by atoms with Crippen molar-refractivity contribution < 1.29 is 22.7 Å². The molecule has 1 aliphatic rings. The van der Waals surface area contributed by atoms with Crippen LogP contribution in [0.2, 0.25) is 0 Å². The molecule has 0 atom stereocenters. The standard InChI is InChI=1S/C15H14F3N3O2/c1-23-14(22)11-7-6-9(8-19-11)21-12-5-3-2-4-10(12)13(20-21)15(16,17)18/h6-8H,2-5H2,1H3. The van der Waals surface area contributed by atoms with E-state index in [2.05, 4.69) is 14.8 Å². The Labute approximate surface area is 130 Å². The summed E-state index contributed by atoms with van der Waals surface area (Å²) in [5, 5.41) is 3.76. The van der Waals surface area contributed by atoms with Crippen molar-refractivity contribution in [3.8, 4) is 5.69 Å². The van der Waals surface area contributed by atoms with Crippen LogP contribution < -0.4 is 0 Å². The highest BCUT2D eigenvalue weighted by Gasteiger charge is 2.39. The molecule has 1 aliphatic carbocycles. The molecule has 0 saturated carbocycles. The maximum atomic E-state index is 13.2. The Bertz CT molecular complexity index is 736. The predicted octanol–water partition coefficient (Wildman–Crippen LogP) is 2.95. The van der Waals surface area contributed by atoms with Crippen molar-refractivity contribution in [2.75, 3.05) is 7.11 Å². The van der Waals surface area contributed by atoms with E-state index in [0.29, 0.717) is 24.2 Å². The first-order valence-corrected chi connectivity index (χ1v) is 7.14. The zero-order valence-corrected chi connectivity index (χ0v) is 12.4. The van der Waals surface area contributed by atoms with Crippen molar-refractivity contribution in [3.05, 3.63) is 41.0 Å². The van der Waals surface area contributed by atoms with Crippen LogP contribution >= 0.6 is 0 Å². The minimum Gasteiger partial charge on any atom is -0.464 e. The van der Waals surface area contributed by atoms with Crippen LogP contribution in [0.3, 0.4) is 0 Å². The van der Waals surface area contributed by atoms with Gasteiger partial charge in [0.1, 0.15) is 5.69 Å². The van der Waals surface area contributed by atoms with Gasteiger partial charge in [-0.2, -0.15) is 18.3 Å². The van der Waals surface area contributed by atoms with Gasteiger partial charge in [-0.15, -0.1) is 0 Å². The maximum absolute atomic E-state index is 13.2. The van der Waals surface area contributed by atoms with Gasteiger partial charge in [0.15, 0.2) is 5.69 Å². The van der Waals surface area contributed by atoms with Gasteiger partial charge in [-0.3, -0.25) is 0 Å². The molecular weight excluding hydrogens is 311 g/mol. The zero-order valence-electron chi connectivity index (χ0n) is 12.4. The summed E-state index contributed by atoms with van der Waals surface area (Å²) in [5.41, 5.74) is 0.487. The van der Waals surface area contributed by atoms with Crippen LogP contribution in [-0.2, 0) is 23.8 Å². The molecule has 5 nitrogen and oxygen atoms in total. The molecule has 0 unspecified atom stereocenters. The summed E-state index contributed by atoms with van der Waals surface area (Å²) in [6.45, 7) is 0. The Morgan fingerprint density at radius 3 is 2.61 bits per heavy atom. The van der Waals surface area contributed by atoms with E-state index in [0.717, 1.165) is 12.8 Å². The van der Waals surface area contributed by atoms with E-state index in [1.165, 1.54) is 30.1 Å². The average Bonchev–Trinajstić information content (AvgIpc) is 2.94. The lowest BCUT2D eigenvalue weighted by Gasteiger charge is -2.14. The first kappa shape index (κ1) is 15.5. The third-order valence-corrected chi connectivity index (χ3v) is 3.84. The number of carbonyl (C=O) groups excluding carboxylic acids is 1. The second kappa shape index (κ2) is 5.68. The lowest BCUT2D eigenvalue weighted by atomic mass is 9.95. The van der Waals surface area contributed by atoms with Crippen molar-refractivity contribution in [2.24, 2.45) is 0 Å². The number of carbonyl (C=O) groups is 1. The molecule has 0 N–H and O–H groups in total. The fourth-order valence-electron chi connectivity index (χ4n) is 2.78. The lowest BCUT2D eigenvalue weighted by molar-refractivity contribution is -0.142. The number of methoxy groups -OCH3 is 1. The zero-order chi connectivity index (χ0) is 16.6. The van der Waals surface area contributed by atoms with Gasteiger partial charge in [0, 0.05) is 11.3 Å². The Hall–Kier alpha value is -2.38. The summed E-state index contributed by atoms with van der Waals surface area (Å²) in [6, 6.07) is 2.92. The highest BCUT2D eigenvalue weighted by Crippen LogP contribution is 2.36. The molecule has 0 radical (unpaired) electrons. The third kappa shape index (κ3) is 2.80. The number of fused-ring (bicyclic) bond motifs is 1. The number of hydrogen-bond acceptors (Lipinski definition) is 4. The van der Waals surface area contributed by atoms with E-state index < -0.39 is 17.8 Å². The minimum absolute atomic E-state index is 0.0910. The molecule has 0 fully saturated rings. The lowest BCUT2D eigenvalue weighted by Crippen LogP contribution is -2.11. The second-order valence-corrected chi connectivity index (χ2v) is 5.28. The number of esters is 1. The monoisotopic (exact) mass is 325 g/mol. The maximum Gasteiger partial charge on any atom is 0.435 e. The molecule has 122 valence electrons. The molecule has 23 heavy (non-hydrogen) atoms. The van der Waals surface area contributed by atoms with E-state index in [-0.39, 0.29) is 11.3 Å². The van der Waals surface area contributed by atoms with Crippen LogP contribution in [0.5, 0.6) is 0 Å². The second-order valence-electron chi connectivity index (χ2n) is 5.28. The third-order valence-electron chi connectivity index (χ3n) is 3.84. The van der Waals surface area contributed by atoms with Crippen molar-refractivity contribution >= 4 is 5.97 Å². The number of alkyl halides is 3. The fourth-order valence-corrected chi connectivity index (χ4v) is 2.78. The van der Waals surface area contributed by atoms with Crippen LogP contribution in [-0.4, -0.2) is 27.8 Å². The van der Waals surface area contributed by atoms with Crippen LogP contribution in [0, 0.1) is 0 Å². The quantitative estimate of drug-likeness (QED) is 0.797. The molecule has 3 rings (SSSR count). The van der Waals surface area contributed by atoms with Crippen molar-refractivity contribution in [1.82, 2.24) is 14.8 Å². The van der Waals surface area contributed by atoms with Gasteiger partial charge in [-0.1, -0.05) is 0 Å². The summed E-state index contributed by atoms with van der Waals surface area (Å²) >= 11 is 0. The summed E-state index contributed by atoms with van der Waals surface area (Å²) in [6.07, 6.45) is -0.694. The molecule has 0 saturated heterocycles. The molecule has 0 aromatic carbocycles. The molecular formula is C15H14F3N3O2. The topological polar surface area (TPSA) is 57.0 Å². The molecule has 2 aromatic rings. The number of halogens is 3. The number of aromatic nitrogens is 3. The van der Waals surface area contributed by atoms with E-state index in [9.17, 15) is 18.0 Å². The molecule has 0 aliphatic heterocycles. The van der Waals surface area contributed by atoms with Crippen LogP contribution in [0.25, 0.3) is 5.69 Å². The molecule has 2 aromatic heterocycles. The van der Waals surface area contributed by atoms with Crippen LogP contribution in [0.15, 0.2) is 18.3 Å². The van der Waals surface area contributed by atoms with Gasteiger partial charge in [0.25, 0.3) is 0 Å². The van der Waals surface area contributed by atoms with E-state index in [1.807, 2.05) is 0 Å². The highest BCUT2D eigenvalue weighted by atomic mass is 19.4. The number of nitrogens with zero attached hydrogens (tertiary/aromatic N) is 3. The van der Waals surface area contributed by atoms with Gasteiger partial charge in [0.2, 0.25) is 0 Å². The largest absolute Gasteiger partial charge is 0.464 e. The average molecular weight is 325 g/mol. The molecule has 0 bridgehead atoms. The Balaban J connectivity index is 2.06. The number of ether oxygens (including phenoxy) is 1. The van der Waals surface area contributed by atoms with Crippen LogP contribution in [0.4, 0.5) is 13.2 Å². The van der Waals surface area contributed by atoms with Crippen LogP contribution in [0.1, 0.15) is 40.3 Å². The van der Waals surface area contributed by atoms with E-state index in [4.69, 9.17) is 0 Å². The predicted molar refractivity (Wildman–Crippen MR) is 74.3 cm³/mol. The fraction of sp³-hybridized carbons (Fsp3) is 0.400. The van der Waals surface area contributed by atoms with Gasteiger partial charge >= 0.3 is 12.1 Å². The van der Waals surface area contributed by atoms with Gasteiger partial charge < -0.3 is 4.74 Å². The van der Waals surface area contributed by atoms with E-state index >= 15 is 0 Å². The molecule has 0 amide bonds. The smallest absolute Gasteiger partial charge is 0.435 e. The SMILES string of the molecule is COC(=O)c1ccc(-n2nc(C(F)(F)F)c3c2CCCC3)cn1.